The van der Waals surface area contributed by atoms with E-state index >= 15 is 0 Å². The highest BCUT2D eigenvalue weighted by atomic mass is 32.2. The van der Waals surface area contributed by atoms with Crippen molar-refractivity contribution in [3.63, 3.8) is 0 Å². The lowest BCUT2D eigenvalue weighted by Gasteiger charge is -2.10. The van der Waals surface area contributed by atoms with Crippen LogP contribution in [0, 0.1) is 0 Å². The van der Waals surface area contributed by atoms with Crippen molar-refractivity contribution in [2.75, 3.05) is 12.9 Å². The van der Waals surface area contributed by atoms with Crippen LogP contribution in [0.2, 0.25) is 0 Å². The molecule has 0 unspecified atom stereocenters. The molecule has 0 bridgehead atoms. The van der Waals surface area contributed by atoms with Gasteiger partial charge in [0, 0.05) is 0 Å². The van der Waals surface area contributed by atoms with Crippen LogP contribution in [0.1, 0.15) is 30.9 Å². The fraction of sp³-hybridized carbons (Fsp3) is 0.250. The SMILES string of the molecule is COc1ccc(C=NN2C(=O)CSC2=Nc2ccc(C(C)C)cc2)cc1O. The highest BCUT2D eigenvalue weighted by molar-refractivity contribution is 8.15. The number of ether oxygens (including phenoxy) is 1. The predicted molar refractivity (Wildman–Crippen MR) is 109 cm³/mol. The van der Waals surface area contributed by atoms with Gasteiger partial charge in [-0.3, -0.25) is 4.79 Å². The first-order valence-electron chi connectivity index (χ1n) is 8.53. The minimum Gasteiger partial charge on any atom is -0.504 e. The molecule has 1 aliphatic heterocycles. The third-order valence-electron chi connectivity index (χ3n) is 4.05. The molecule has 1 saturated heterocycles. The summed E-state index contributed by atoms with van der Waals surface area (Å²) in [6.45, 7) is 4.28. The van der Waals surface area contributed by atoms with Gasteiger partial charge in [-0.25, -0.2) is 4.99 Å². The van der Waals surface area contributed by atoms with E-state index in [-0.39, 0.29) is 11.7 Å². The smallest absolute Gasteiger partial charge is 0.259 e. The number of methoxy groups -OCH3 is 1. The Labute approximate surface area is 162 Å². The number of aliphatic imine (C=N–C) groups is 1. The van der Waals surface area contributed by atoms with Gasteiger partial charge in [-0.1, -0.05) is 37.7 Å². The Hall–Kier alpha value is -2.80. The van der Waals surface area contributed by atoms with Crippen LogP contribution in [0.15, 0.2) is 52.6 Å². The molecule has 27 heavy (non-hydrogen) atoms. The maximum Gasteiger partial charge on any atom is 0.259 e. The number of carbonyl (C=O) groups is 1. The Morgan fingerprint density at radius 3 is 2.59 bits per heavy atom. The zero-order valence-electron chi connectivity index (χ0n) is 15.4. The number of benzene rings is 2. The summed E-state index contributed by atoms with van der Waals surface area (Å²) in [5.74, 6) is 1.02. The first-order valence-corrected chi connectivity index (χ1v) is 9.52. The molecule has 2 aromatic carbocycles. The van der Waals surface area contributed by atoms with E-state index in [9.17, 15) is 9.90 Å². The number of hydrazone groups is 1. The molecule has 0 saturated carbocycles. The Morgan fingerprint density at radius 1 is 1.22 bits per heavy atom. The molecular formula is C20H21N3O3S. The van der Waals surface area contributed by atoms with Crippen LogP contribution in [0.3, 0.4) is 0 Å². The molecule has 1 N–H and O–H groups in total. The van der Waals surface area contributed by atoms with Gasteiger partial charge in [0.25, 0.3) is 5.91 Å². The van der Waals surface area contributed by atoms with Crippen LogP contribution in [0.5, 0.6) is 11.5 Å². The zero-order valence-corrected chi connectivity index (χ0v) is 16.2. The second-order valence-corrected chi connectivity index (χ2v) is 7.25. The maximum absolute atomic E-state index is 12.1. The topological polar surface area (TPSA) is 74.5 Å². The Kier molecular flexibility index (Phi) is 5.81. The van der Waals surface area contributed by atoms with Crippen LogP contribution in [0.4, 0.5) is 5.69 Å². The van der Waals surface area contributed by atoms with E-state index in [1.807, 2.05) is 24.3 Å². The van der Waals surface area contributed by atoms with E-state index in [4.69, 9.17) is 4.74 Å². The lowest BCUT2D eigenvalue weighted by Crippen LogP contribution is -2.23. The number of rotatable bonds is 5. The molecule has 0 atom stereocenters. The van der Waals surface area contributed by atoms with E-state index in [1.54, 1.807) is 12.1 Å². The number of phenols is 1. The summed E-state index contributed by atoms with van der Waals surface area (Å²) < 4.78 is 5.02. The second kappa shape index (κ2) is 8.26. The van der Waals surface area contributed by atoms with E-state index < -0.39 is 0 Å². The average Bonchev–Trinajstić information content (AvgIpc) is 3.00. The van der Waals surface area contributed by atoms with Gasteiger partial charge in [0.15, 0.2) is 16.7 Å². The van der Waals surface area contributed by atoms with Crippen molar-refractivity contribution >= 4 is 34.7 Å². The van der Waals surface area contributed by atoms with E-state index in [1.165, 1.54) is 41.7 Å². The molecule has 0 spiro atoms. The Balaban J connectivity index is 1.80. The highest BCUT2D eigenvalue weighted by Crippen LogP contribution is 2.27. The number of amides is 1. The lowest BCUT2D eigenvalue weighted by atomic mass is 10.0. The summed E-state index contributed by atoms with van der Waals surface area (Å²) in [6, 6.07) is 12.9. The number of phenolic OH excluding ortho intramolecular Hbond substituents is 1. The number of hydrogen-bond acceptors (Lipinski definition) is 6. The molecule has 1 fully saturated rings. The van der Waals surface area contributed by atoms with Crippen molar-refractivity contribution in [1.82, 2.24) is 5.01 Å². The normalized spacial score (nSPS) is 16.1. The molecule has 1 amide bonds. The van der Waals surface area contributed by atoms with Crippen molar-refractivity contribution in [2.24, 2.45) is 10.1 Å². The summed E-state index contributed by atoms with van der Waals surface area (Å²) in [7, 11) is 1.49. The quantitative estimate of drug-likeness (QED) is 0.788. The van der Waals surface area contributed by atoms with Gasteiger partial charge in [0.1, 0.15) is 0 Å². The van der Waals surface area contributed by atoms with E-state index in [2.05, 4.69) is 23.9 Å². The summed E-state index contributed by atoms with van der Waals surface area (Å²) >= 11 is 1.35. The predicted octanol–water partition coefficient (Wildman–Crippen LogP) is 4.12. The monoisotopic (exact) mass is 383 g/mol. The number of carbonyl (C=O) groups excluding carboxylic acids is 1. The number of hydrogen-bond donors (Lipinski definition) is 1. The van der Waals surface area contributed by atoms with Crippen molar-refractivity contribution in [2.45, 2.75) is 19.8 Å². The number of amidine groups is 1. The molecular weight excluding hydrogens is 362 g/mol. The minimum atomic E-state index is -0.133. The van der Waals surface area contributed by atoms with Crippen molar-refractivity contribution in [3.8, 4) is 11.5 Å². The molecule has 2 aromatic rings. The van der Waals surface area contributed by atoms with Gasteiger partial charge in [-0.15, -0.1) is 0 Å². The van der Waals surface area contributed by atoms with Gasteiger partial charge in [0.05, 0.1) is 24.8 Å². The number of nitrogens with zero attached hydrogens (tertiary/aromatic N) is 3. The second-order valence-electron chi connectivity index (χ2n) is 6.31. The van der Waals surface area contributed by atoms with Crippen LogP contribution in [-0.4, -0.2) is 40.3 Å². The summed E-state index contributed by atoms with van der Waals surface area (Å²) in [4.78, 5) is 16.7. The highest BCUT2D eigenvalue weighted by Gasteiger charge is 2.28. The maximum atomic E-state index is 12.1. The molecule has 140 valence electrons. The fourth-order valence-corrected chi connectivity index (χ4v) is 3.32. The van der Waals surface area contributed by atoms with Crippen molar-refractivity contribution in [1.29, 1.82) is 0 Å². The molecule has 3 rings (SSSR count). The Morgan fingerprint density at radius 2 is 1.96 bits per heavy atom. The minimum absolute atomic E-state index is 0.0164. The number of aromatic hydroxyl groups is 1. The third kappa shape index (κ3) is 4.49. The van der Waals surface area contributed by atoms with Crippen molar-refractivity contribution in [3.05, 3.63) is 53.6 Å². The molecule has 7 heteroatoms. The summed E-state index contributed by atoms with van der Waals surface area (Å²) in [5, 5.41) is 15.9. The van der Waals surface area contributed by atoms with Gasteiger partial charge >= 0.3 is 0 Å². The van der Waals surface area contributed by atoms with E-state index in [0.717, 1.165) is 5.69 Å². The first-order chi connectivity index (χ1) is 13.0. The average molecular weight is 383 g/mol. The van der Waals surface area contributed by atoms with Crippen molar-refractivity contribution < 1.29 is 14.6 Å². The molecule has 1 aliphatic rings. The zero-order chi connectivity index (χ0) is 19.4. The molecule has 6 nitrogen and oxygen atoms in total. The molecule has 0 aromatic heterocycles. The first kappa shape index (κ1) is 19.0. The van der Waals surface area contributed by atoms with Gasteiger partial charge in [-0.05, 0) is 47.4 Å². The largest absolute Gasteiger partial charge is 0.504 e. The fourth-order valence-electron chi connectivity index (χ4n) is 2.50. The Bertz CT molecular complexity index is 892. The molecule has 0 aliphatic carbocycles. The summed E-state index contributed by atoms with van der Waals surface area (Å²) in [6.07, 6.45) is 1.51. The number of thioether (sulfide) groups is 1. The standard InChI is InChI=1S/C20H21N3O3S/c1-13(2)15-5-7-16(8-6-15)22-20-23(19(25)12-27-20)21-11-14-4-9-18(26-3)17(24)10-14/h4-11,13,24H,12H2,1-3H3. The molecule has 0 radical (unpaired) electrons. The van der Waals surface area contributed by atoms with Gasteiger partial charge in [-0.2, -0.15) is 10.1 Å². The van der Waals surface area contributed by atoms with Gasteiger partial charge in [0.2, 0.25) is 0 Å². The van der Waals surface area contributed by atoms with Crippen LogP contribution in [0.25, 0.3) is 0 Å². The van der Waals surface area contributed by atoms with Gasteiger partial charge < -0.3 is 9.84 Å². The van der Waals surface area contributed by atoms with Crippen LogP contribution in [-0.2, 0) is 4.79 Å². The van der Waals surface area contributed by atoms with Crippen LogP contribution >= 0.6 is 11.8 Å². The lowest BCUT2D eigenvalue weighted by molar-refractivity contribution is -0.124. The summed E-state index contributed by atoms with van der Waals surface area (Å²) in [5.41, 5.74) is 2.67. The third-order valence-corrected chi connectivity index (χ3v) is 4.97. The van der Waals surface area contributed by atoms with Crippen LogP contribution < -0.4 is 4.74 Å². The molecule has 1 heterocycles. The van der Waals surface area contributed by atoms with E-state index in [0.29, 0.717) is 28.2 Å².